The lowest BCUT2D eigenvalue weighted by atomic mass is 10.1. The number of allylic oxidation sites excluding steroid dienone is 1. The molecule has 5 heteroatoms. The summed E-state index contributed by atoms with van der Waals surface area (Å²) < 4.78 is 0. The zero-order valence-corrected chi connectivity index (χ0v) is 10.8. The van der Waals surface area contributed by atoms with Crippen molar-refractivity contribution in [3.05, 3.63) is 35.2 Å². The largest absolute Gasteiger partial charge is 0.349 e. The van der Waals surface area contributed by atoms with Gasteiger partial charge in [0.05, 0.1) is 17.0 Å². The molecule has 0 unspecified atom stereocenters. The van der Waals surface area contributed by atoms with Crippen LogP contribution in [-0.2, 0) is 6.42 Å². The molecule has 0 atom stereocenters. The molecule has 0 aliphatic carbocycles. The molecular weight excluding hydrogens is 238 g/mol. The van der Waals surface area contributed by atoms with Gasteiger partial charge in [-0.25, -0.2) is 0 Å². The van der Waals surface area contributed by atoms with Crippen LogP contribution < -0.4 is 5.32 Å². The molecule has 0 saturated heterocycles. The Labute approximate surface area is 106 Å². The fraction of sp³-hybridized carbons (Fsp3) is 0.417. The molecule has 1 aromatic rings. The zero-order chi connectivity index (χ0) is 12.7. The first-order valence-electron chi connectivity index (χ1n) is 5.51. The lowest BCUT2D eigenvalue weighted by Gasteiger charge is -2.06. The van der Waals surface area contributed by atoms with Gasteiger partial charge >= 0.3 is 0 Å². The highest BCUT2D eigenvalue weighted by Crippen LogP contribution is 2.07. The molecule has 0 bridgehead atoms. The van der Waals surface area contributed by atoms with Crippen molar-refractivity contribution in [3.8, 4) is 0 Å². The number of halogens is 1. The average Bonchev–Trinajstić information content (AvgIpc) is 2.34. The van der Waals surface area contributed by atoms with Crippen LogP contribution in [-0.4, -0.2) is 28.5 Å². The van der Waals surface area contributed by atoms with Crippen molar-refractivity contribution in [1.29, 1.82) is 0 Å². The normalized spacial score (nSPS) is 10.8. The summed E-state index contributed by atoms with van der Waals surface area (Å²) in [6.45, 7) is 4.23. The molecule has 17 heavy (non-hydrogen) atoms. The third-order valence-corrected chi connectivity index (χ3v) is 2.39. The molecule has 1 heterocycles. The monoisotopic (exact) mass is 253 g/mol. The zero-order valence-electron chi connectivity index (χ0n) is 10.0. The lowest BCUT2D eigenvalue weighted by molar-refractivity contribution is 0.0956. The molecule has 1 amide bonds. The van der Waals surface area contributed by atoms with E-state index in [2.05, 4.69) is 15.5 Å². The second kappa shape index (κ2) is 7.01. The van der Waals surface area contributed by atoms with Gasteiger partial charge in [0.25, 0.3) is 5.91 Å². The van der Waals surface area contributed by atoms with Crippen LogP contribution in [0.25, 0.3) is 0 Å². The molecule has 0 aliphatic heterocycles. The highest BCUT2D eigenvalue weighted by molar-refractivity contribution is 6.18. The second-order valence-corrected chi connectivity index (χ2v) is 3.84. The molecule has 1 aromatic heterocycles. The number of rotatable bonds is 5. The summed E-state index contributed by atoms with van der Waals surface area (Å²) in [4.78, 5) is 11.9. The number of aromatic nitrogens is 2. The van der Waals surface area contributed by atoms with E-state index in [0.717, 1.165) is 11.4 Å². The smallest absolute Gasteiger partial charge is 0.253 e. The lowest BCUT2D eigenvalue weighted by Crippen LogP contribution is -2.25. The van der Waals surface area contributed by atoms with Crippen LogP contribution >= 0.6 is 11.6 Å². The first kappa shape index (κ1) is 13.6. The van der Waals surface area contributed by atoms with Gasteiger partial charge in [0.15, 0.2) is 0 Å². The van der Waals surface area contributed by atoms with E-state index in [0.29, 0.717) is 24.4 Å². The van der Waals surface area contributed by atoms with Crippen LogP contribution in [0.3, 0.4) is 0 Å². The topological polar surface area (TPSA) is 54.9 Å². The number of hydrogen-bond acceptors (Lipinski definition) is 3. The van der Waals surface area contributed by atoms with E-state index < -0.39 is 0 Å². The number of amides is 1. The first-order valence-corrected chi connectivity index (χ1v) is 6.04. The standard InChI is InChI=1S/C12H16ClN3O/c1-3-11-10(8-9(2)15-16-11)12(17)14-7-5-4-6-13/h4-5,8H,3,6-7H2,1-2H3,(H,14,17)/b5-4+. The van der Waals surface area contributed by atoms with Crippen LogP contribution in [0.1, 0.15) is 28.7 Å². The van der Waals surface area contributed by atoms with E-state index in [4.69, 9.17) is 11.6 Å². The van der Waals surface area contributed by atoms with Gasteiger partial charge in [0, 0.05) is 12.4 Å². The summed E-state index contributed by atoms with van der Waals surface area (Å²) in [6.07, 6.45) is 4.30. The highest BCUT2D eigenvalue weighted by atomic mass is 35.5. The Kier molecular flexibility index (Phi) is 5.63. The summed E-state index contributed by atoms with van der Waals surface area (Å²) in [5.41, 5.74) is 2.05. The predicted molar refractivity (Wildman–Crippen MR) is 68.3 cm³/mol. The predicted octanol–water partition coefficient (Wildman–Crippen LogP) is 1.87. The number of alkyl halides is 1. The van der Waals surface area contributed by atoms with Crippen molar-refractivity contribution in [1.82, 2.24) is 15.5 Å². The third kappa shape index (κ3) is 4.15. The number of nitrogens with one attached hydrogen (secondary N) is 1. The molecule has 0 aliphatic rings. The van der Waals surface area contributed by atoms with Crippen molar-refractivity contribution >= 4 is 17.5 Å². The van der Waals surface area contributed by atoms with E-state index in [1.165, 1.54) is 0 Å². The Bertz CT molecular complexity index is 418. The van der Waals surface area contributed by atoms with E-state index in [1.54, 1.807) is 12.1 Å². The van der Waals surface area contributed by atoms with Gasteiger partial charge in [-0.3, -0.25) is 4.79 Å². The van der Waals surface area contributed by atoms with Crippen LogP contribution in [0.5, 0.6) is 0 Å². The molecule has 92 valence electrons. The SMILES string of the molecule is CCc1nnc(C)cc1C(=O)NC/C=C/CCl. The van der Waals surface area contributed by atoms with Crippen LogP contribution in [0.4, 0.5) is 0 Å². The van der Waals surface area contributed by atoms with Gasteiger partial charge in [-0.1, -0.05) is 19.1 Å². The van der Waals surface area contributed by atoms with Gasteiger partial charge in [-0.05, 0) is 19.4 Å². The molecule has 1 rings (SSSR count). The van der Waals surface area contributed by atoms with Crippen molar-refractivity contribution in [3.63, 3.8) is 0 Å². The minimum absolute atomic E-state index is 0.126. The van der Waals surface area contributed by atoms with Crippen molar-refractivity contribution in [2.75, 3.05) is 12.4 Å². The Hall–Kier alpha value is -1.42. The molecule has 0 aromatic carbocycles. The summed E-state index contributed by atoms with van der Waals surface area (Å²) in [6, 6.07) is 1.76. The number of carbonyl (C=O) groups excluding carboxylic acids is 1. The van der Waals surface area contributed by atoms with E-state index in [1.807, 2.05) is 19.9 Å². The van der Waals surface area contributed by atoms with Gasteiger partial charge in [-0.2, -0.15) is 10.2 Å². The Morgan fingerprint density at radius 1 is 1.47 bits per heavy atom. The Morgan fingerprint density at radius 2 is 2.24 bits per heavy atom. The summed E-state index contributed by atoms with van der Waals surface area (Å²) in [5.74, 6) is 0.325. The van der Waals surface area contributed by atoms with Crippen LogP contribution in [0.2, 0.25) is 0 Å². The Morgan fingerprint density at radius 3 is 2.88 bits per heavy atom. The summed E-state index contributed by atoms with van der Waals surface area (Å²) in [7, 11) is 0. The quantitative estimate of drug-likeness (QED) is 0.644. The van der Waals surface area contributed by atoms with Gasteiger partial charge in [0.1, 0.15) is 0 Å². The fourth-order valence-electron chi connectivity index (χ4n) is 1.37. The molecule has 0 fully saturated rings. The first-order chi connectivity index (χ1) is 8.19. The summed E-state index contributed by atoms with van der Waals surface area (Å²) >= 11 is 5.48. The molecule has 4 nitrogen and oxygen atoms in total. The van der Waals surface area contributed by atoms with Crippen molar-refractivity contribution < 1.29 is 4.79 Å². The number of carbonyl (C=O) groups is 1. The van der Waals surface area contributed by atoms with E-state index >= 15 is 0 Å². The van der Waals surface area contributed by atoms with Gasteiger partial charge in [0.2, 0.25) is 0 Å². The maximum atomic E-state index is 11.9. The number of nitrogens with zero attached hydrogens (tertiary/aromatic N) is 2. The maximum Gasteiger partial charge on any atom is 0.253 e. The minimum atomic E-state index is -0.126. The summed E-state index contributed by atoms with van der Waals surface area (Å²) in [5, 5.41) is 10.7. The molecule has 0 spiro atoms. The number of aryl methyl sites for hydroxylation is 2. The maximum absolute atomic E-state index is 11.9. The highest BCUT2D eigenvalue weighted by Gasteiger charge is 2.11. The molecule has 0 radical (unpaired) electrons. The minimum Gasteiger partial charge on any atom is -0.349 e. The molecular formula is C12H16ClN3O. The van der Waals surface area contributed by atoms with E-state index in [9.17, 15) is 4.79 Å². The third-order valence-electron chi connectivity index (χ3n) is 2.21. The van der Waals surface area contributed by atoms with Gasteiger partial charge in [-0.15, -0.1) is 11.6 Å². The van der Waals surface area contributed by atoms with Crippen LogP contribution in [0, 0.1) is 6.92 Å². The Balaban J connectivity index is 2.73. The average molecular weight is 254 g/mol. The second-order valence-electron chi connectivity index (χ2n) is 3.54. The van der Waals surface area contributed by atoms with Crippen molar-refractivity contribution in [2.24, 2.45) is 0 Å². The van der Waals surface area contributed by atoms with Crippen molar-refractivity contribution in [2.45, 2.75) is 20.3 Å². The van der Waals surface area contributed by atoms with E-state index in [-0.39, 0.29) is 5.91 Å². The number of hydrogen-bond donors (Lipinski definition) is 1. The fourth-order valence-corrected chi connectivity index (χ4v) is 1.49. The van der Waals surface area contributed by atoms with Gasteiger partial charge < -0.3 is 5.32 Å². The molecule has 1 N–H and O–H groups in total. The van der Waals surface area contributed by atoms with Crippen LogP contribution in [0.15, 0.2) is 18.2 Å². The molecule has 0 saturated carbocycles.